The van der Waals surface area contributed by atoms with Crippen molar-refractivity contribution < 1.29 is 9.18 Å². The van der Waals surface area contributed by atoms with Gasteiger partial charge in [0, 0.05) is 6.54 Å². The van der Waals surface area contributed by atoms with Crippen LogP contribution in [-0.2, 0) is 4.79 Å². The lowest BCUT2D eigenvalue weighted by Crippen LogP contribution is -2.35. The van der Waals surface area contributed by atoms with Crippen LogP contribution in [-0.4, -0.2) is 19.0 Å². The zero-order valence-electron chi connectivity index (χ0n) is 12.3. The summed E-state index contributed by atoms with van der Waals surface area (Å²) in [6, 6.07) is 15.7. The largest absolute Gasteiger partial charge is 0.345 e. The van der Waals surface area contributed by atoms with Crippen molar-refractivity contribution in [1.82, 2.24) is 10.6 Å². The van der Waals surface area contributed by atoms with Gasteiger partial charge >= 0.3 is 0 Å². The third-order valence-corrected chi connectivity index (χ3v) is 4.03. The van der Waals surface area contributed by atoms with Crippen LogP contribution < -0.4 is 10.6 Å². The molecule has 2 aromatic rings. The van der Waals surface area contributed by atoms with E-state index in [0.29, 0.717) is 6.54 Å². The number of benzene rings is 2. The molecule has 2 unspecified atom stereocenters. The molecule has 1 saturated heterocycles. The van der Waals surface area contributed by atoms with Crippen molar-refractivity contribution in [3.8, 4) is 0 Å². The minimum atomic E-state index is -0.329. The lowest BCUT2D eigenvalue weighted by Gasteiger charge is -2.21. The van der Waals surface area contributed by atoms with Gasteiger partial charge in [-0.3, -0.25) is 4.79 Å². The van der Waals surface area contributed by atoms with Crippen LogP contribution in [0.1, 0.15) is 23.6 Å². The Morgan fingerprint density at radius 1 is 1.14 bits per heavy atom. The number of hydrogen-bond donors (Lipinski definition) is 2. The highest BCUT2D eigenvalue weighted by Crippen LogP contribution is 2.23. The molecule has 3 rings (SSSR count). The zero-order valence-corrected chi connectivity index (χ0v) is 12.3. The van der Waals surface area contributed by atoms with Gasteiger partial charge in [-0.25, -0.2) is 4.39 Å². The number of hydrogen-bond acceptors (Lipinski definition) is 2. The number of nitrogens with one attached hydrogen (secondary N) is 2. The van der Waals surface area contributed by atoms with E-state index in [-0.39, 0.29) is 23.7 Å². The molecule has 1 fully saturated rings. The summed E-state index contributed by atoms with van der Waals surface area (Å²) in [6.45, 7) is 1.57. The Balaban J connectivity index is 1.87. The fourth-order valence-corrected chi connectivity index (χ4v) is 2.83. The Bertz CT molecular complexity index is 639. The second-order valence-electron chi connectivity index (χ2n) is 5.60. The average Bonchev–Trinajstić information content (AvgIpc) is 3.08. The number of carbonyl (C=O) groups is 1. The van der Waals surface area contributed by atoms with Gasteiger partial charge in [0.15, 0.2) is 0 Å². The molecule has 0 saturated carbocycles. The minimum Gasteiger partial charge on any atom is -0.345 e. The molecule has 0 spiro atoms. The van der Waals surface area contributed by atoms with E-state index in [9.17, 15) is 9.18 Å². The molecule has 1 aliphatic heterocycles. The molecular weight excluding hydrogens is 279 g/mol. The van der Waals surface area contributed by atoms with Crippen molar-refractivity contribution in [2.45, 2.75) is 12.5 Å². The highest BCUT2D eigenvalue weighted by atomic mass is 19.1. The third kappa shape index (κ3) is 3.34. The van der Waals surface area contributed by atoms with Crippen molar-refractivity contribution in [3.05, 3.63) is 71.5 Å². The molecule has 2 atom stereocenters. The maximum atomic E-state index is 13.6. The molecule has 0 aromatic heterocycles. The Morgan fingerprint density at radius 3 is 2.59 bits per heavy atom. The van der Waals surface area contributed by atoms with E-state index in [0.717, 1.165) is 24.1 Å². The first kappa shape index (κ1) is 14.7. The predicted octanol–water partition coefficient (Wildman–Crippen LogP) is 2.64. The summed E-state index contributed by atoms with van der Waals surface area (Å²) in [7, 11) is 0. The Hall–Kier alpha value is -2.20. The molecule has 2 aromatic carbocycles. The molecule has 22 heavy (non-hydrogen) atoms. The summed E-state index contributed by atoms with van der Waals surface area (Å²) in [5, 5.41) is 6.27. The van der Waals surface area contributed by atoms with Crippen molar-refractivity contribution in [3.63, 3.8) is 0 Å². The third-order valence-electron chi connectivity index (χ3n) is 4.03. The monoisotopic (exact) mass is 298 g/mol. The van der Waals surface area contributed by atoms with Gasteiger partial charge in [-0.15, -0.1) is 0 Å². The fourth-order valence-electron chi connectivity index (χ4n) is 2.83. The molecular formula is C18H19FN2O. The van der Waals surface area contributed by atoms with Crippen molar-refractivity contribution in [2.75, 3.05) is 13.1 Å². The van der Waals surface area contributed by atoms with E-state index in [2.05, 4.69) is 10.6 Å². The first-order valence-electron chi connectivity index (χ1n) is 7.55. The molecule has 0 radical (unpaired) electrons. The summed E-state index contributed by atoms with van der Waals surface area (Å²) < 4.78 is 13.6. The standard InChI is InChI=1S/C18H19FN2O/c19-16-8-4-7-14(11-16)17(13-5-2-1-3-6-13)21-18(22)15-9-10-20-12-15/h1-8,11,15,17,20H,9-10,12H2,(H,21,22). The summed E-state index contributed by atoms with van der Waals surface area (Å²) in [4.78, 5) is 12.4. The van der Waals surface area contributed by atoms with Gasteiger partial charge in [-0.2, -0.15) is 0 Å². The van der Waals surface area contributed by atoms with E-state index in [1.807, 2.05) is 36.4 Å². The minimum absolute atomic E-state index is 0.0141. The maximum absolute atomic E-state index is 13.6. The number of halogens is 1. The number of amides is 1. The smallest absolute Gasteiger partial charge is 0.225 e. The van der Waals surface area contributed by atoms with Crippen molar-refractivity contribution in [1.29, 1.82) is 0 Å². The summed E-state index contributed by atoms with van der Waals surface area (Å²) in [5.74, 6) is -0.293. The van der Waals surface area contributed by atoms with E-state index >= 15 is 0 Å². The number of carbonyl (C=O) groups excluding carboxylic acids is 1. The van der Waals surface area contributed by atoms with Crippen LogP contribution in [0.4, 0.5) is 4.39 Å². The zero-order chi connectivity index (χ0) is 15.4. The number of rotatable bonds is 4. The van der Waals surface area contributed by atoms with Gasteiger partial charge < -0.3 is 10.6 Å². The second-order valence-corrected chi connectivity index (χ2v) is 5.60. The Labute approximate surface area is 129 Å². The van der Waals surface area contributed by atoms with Crippen LogP contribution in [0.5, 0.6) is 0 Å². The topological polar surface area (TPSA) is 41.1 Å². The predicted molar refractivity (Wildman–Crippen MR) is 83.8 cm³/mol. The van der Waals surface area contributed by atoms with Crippen LogP contribution in [0, 0.1) is 11.7 Å². The summed E-state index contributed by atoms with van der Waals surface area (Å²) in [6.07, 6.45) is 0.844. The quantitative estimate of drug-likeness (QED) is 0.911. The lowest BCUT2D eigenvalue weighted by atomic mass is 9.97. The van der Waals surface area contributed by atoms with Gasteiger partial charge in [-0.1, -0.05) is 42.5 Å². The van der Waals surface area contributed by atoms with E-state index < -0.39 is 0 Å². The van der Waals surface area contributed by atoms with Gasteiger partial charge in [0.05, 0.1) is 12.0 Å². The van der Waals surface area contributed by atoms with Crippen LogP contribution in [0.3, 0.4) is 0 Å². The normalized spacial score (nSPS) is 18.9. The van der Waals surface area contributed by atoms with Crippen LogP contribution >= 0.6 is 0 Å². The fraction of sp³-hybridized carbons (Fsp3) is 0.278. The first-order chi connectivity index (χ1) is 10.7. The van der Waals surface area contributed by atoms with Gasteiger partial charge in [0.25, 0.3) is 0 Å². The Kier molecular flexibility index (Phi) is 4.49. The van der Waals surface area contributed by atoms with Crippen molar-refractivity contribution >= 4 is 5.91 Å². The van der Waals surface area contributed by atoms with E-state index in [4.69, 9.17) is 0 Å². The lowest BCUT2D eigenvalue weighted by molar-refractivity contribution is -0.124. The highest BCUT2D eigenvalue weighted by molar-refractivity contribution is 5.80. The van der Waals surface area contributed by atoms with E-state index in [1.165, 1.54) is 12.1 Å². The molecule has 1 aliphatic rings. The Morgan fingerprint density at radius 2 is 1.91 bits per heavy atom. The molecule has 0 bridgehead atoms. The molecule has 3 nitrogen and oxygen atoms in total. The summed E-state index contributed by atoms with van der Waals surface area (Å²) >= 11 is 0. The van der Waals surface area contributed by atoms with Gasteiger partial charge in [0.2, 0.25) is 5.91 Å². The van der Waals surface area contributed by atoms with Gasteiger partial charge in [-0.05, 0) is 36.2 Å². The molecule has 4 heteroatoms. The second kappa shape index (κ2) is 6.71. The SMILES string of the molecule is O=C(NC(c1ccccc1)c1cccc(F)c1)C1CCNC1. The van der Waals surface area contributed by atoms with E-state index in [1.54, 1.807) is 6.07 Å². The molecule has 1 heterocycles. The van der Waals surface area contributed by atoms with Crippen molar-refractivity contribution in [2.24, 2.45) is 5.92 Å². The van der Waals surface area contributed by atoms with Gasteiger partial charge in [0.1, 0.15) is 5.82 Å². The van der Waals surface area contributed by atoms with Crippen LogP contribution in [0.25, 0.3) is 0 Å². The molecule has 114 valence electrons. The summed E-state index contributed by atoms with van der Waals surface area (Å²) in [5.41, 5.74) is 1.71. The van der Waals surface area contributed by atoms with Crippen LogP contribution in [0.15, 0.2) is 54.6 Å². The molecule has 1 amide bonds. The molecule has 0 aliphatic carbocycles. The van der Waals surface area contributed by atoms with Crippen LogP contribution in [0.2, 0.25) is 0 Å². The highest BCUT2D eigenvalue weighted by Gasteiger charge is 2.25. The average molecular weight is 298 g/mol. The first-order valence-corrected chi connectivity index (χ1v) is 7.55. The molecule has 2 N–H and O–H groups in total. The maximum Gasteiger partial charge on any atom is 0.225 e.